The van der Waals surface area contributed by atoms with E-state index in [-0.39, 0.29) is 42.8 Å². The lowest BCUT2D eigenvalue weighted by atomic mass is 9.85. The standard InChI is InChI=1S/C39H61N7O8S/c40-19-7-21-52-23-25-54-26-24-53-22-8-20-43-36(47)18-17-34(38(48)44-28-31-13-15-33(16-14-31)37(41)42)45-39(49)35(27-30-9-3-1-4-10-30)46-55(50,51)29-32-11-5-2-6-12-32/h2,5-6,11-16,30,34-35,46H,1,3-4,7-10,17-29,40H2,(H3,41,42)(H,43,47)(H,44,48)(H,45,49)/t34-,35?/m0/s1. The lowest BCUT2D eigenvalue weighted by molar-refractivity contribution is -0.130. The molecule has 15 nitrogen and oxygen atoms in total. The molecule has 55 heavy (non-hydrogen) atoms. The number of nitrogens with two attached hydrogens (primary N) is 2. The number of nitrogens with one attached hydrogen (secondary N) is 5. The summed E-state index contributed by atoms with van der Waals surface area (Å²) < 4.78 is 45.7. The van der Waals surface area contributed by atoms with Crippen molar-refractivity contribution in [1.82, 2.24) is 20.7 Å². The van der Waals surface area contributed by atoms with Crippen molar-refractivity contribution in [1.29, 1.82) is 5.41 Å². The maximum Gasteiger partial charge on any atom is 0.242 e. The third-order valence-electron chi connectivity index (χ3n) is 9.18. The Morgan fingerprint density at radius 2 is 1.42 bits per heavy atom. The van der Waals surface area contributed by atoms with Gasteiger partial charge < -0.3 is 41.6 Å². The first-order chi connectivity index (χ1) is 26.6. The van der Waals surface area contributed by atoms with E-state index in [1.807, 2.05) is 0 Å². The van der Waals surface area contributed by atoms with Crippen molar-refractivity contribution in [2.75, 3.05) is 52.7 Å². The van der Waals surface area contributed by atoms with Gasteiger partial charge in [-0.15, -0.1) is 0 Å². The van der Waals surface area contributed by atoms with Crippen molar-refractivity contribution in [2.24, 2.45) is 17.4 Å². The molecule has 1 fully saturated rings. The third kappa shape index (κ3) is 19.5. The minimum absolute atomic E-state index is 0.0105. The number of hydrogen-bond acceptors (Lipinski definition) is 10. The molecule has 0 aromatic heterocycles. The maximum absolute atomic E-state index is 13.9. The zero-order valence-corrected chi connectivity index (χ0v) is 32.7. The highest BCUT2D eigenvalue weighted by atomic mass is 32.2. The summed E-state index contributed by atoms with van der Waals surface area (Å²) in [7, 11) is -3.92. The summed E-state index contributed by atoms with van der Waals surface area (Å²) in [6.07, 6.45) is 6.52. The van der Waals surface area contributed by atoms with E-state index in [0.717, 1.165) is 44.1 Å². The summed E-state index contributed by atoms with van der Waals surface area (Å²) in [5, 5.41) is 16.0. The molecule has 306 valence electrons. The van der Waals surface area contributed by atoms with Crippen LogP contribution in [0.3, 0.4) is 0 Å². The van der Waals surface area contributed by atoms with Crippen molar-refractivity contribution in [3.8, 4) is 0 Å². The van der Waals surface area contributed by atoms with Gasteiger partial charge in [-0.05, 0) is 49.3 Å². The molecule has 0 saturated heterocycles. The number of amidine groups is 1. The van der Waals surface area contributed by atoms with Gasteiger partial charge in [-0.2, -0.15) is 0 Å². The van der Waals surface area contributed by atoms with Gasteiger partial charge in [0.1, 0.15) is 17.9 Å². The van der Waals surface area contributed by atoms with E-state index in [4.69, 9.17) is 31.1 Å². The van der Waals surface area contributed by atoms with Gasteiger partial charge in [-0.3, -0.25) is 19.8 Å². The molecule has 0 aliphatic heterocycles. The fourth-order valence-electron chi connectivity index (χ4n) is 6.17. The number of benzene rings is 2. The van der Waals surface area contributed by atoms with Crippen LogP contribution in [0.25, 0.3) is 0 Å². The van der Waals surface area contributed by atoms with Crippen molar-refractivity contribution in [2.45, 2.75) is 88.6 Å². The van der Waals surface area contributed by atoms with Gasteiger partial charge in [0, 0.05) is 38.3 Å². The predicted molar refractivity (Wildman–Crippen MR) is 211 cm³/mol. The Morgan fingerprint density at radius 3 is 2.05 bits per heavy atom. The topological polar surface area (TPSA) is 237 Å². The van der Waals surface area contributed by atoms with Crippen LogP contribution < -0.4 is 32.1 Å². The monoisotopic (exact) mass is 787 g/mol. The van der Waals surface area contributed by atoms with Gasteiger partial charge in [-0.25, -0.2) is 13.1 Å². The van der Waals surface area contributed by atoms with E-state index in [1.165, 1.54) is 0 Å². The number of rotatable bonds is 28. The molecule has 9 N–H and O–H groups in total. The van der Waals surface area contributed by atoms with Gasteiger partial charge in [0.05, 0.1) is 32.2 Å². The molecule has 2 aromatic rings. The summed E-state index contributed by atoms with van der Waals surface area (Å²) in [6, 6.07) is 13.3. The van der Waals surface area contributed by atoms with Crippen LogP contribution in [0.4, 0.5) is 0 Å². The summed E-state index contributed by atoms with van der Waals surface area (Å²) in [4.78, 5) is 40.3. The number of nitrogen functional groups attached to an aromatic ring is 1. The van der Waals surface area contributed by atoms with Gasteiger partial charge in [0.15, 0.2) is 0 Å². The highest BCUT2D eigenvalue weighted by Crippen LogP contribution is 2.28. The smallest absolute Gasteiger partial charge is 0.242 e. The number of amides is 3. The molecular formula is C39H61N7O8S. The third-order valence-corrected chi connectivity index (χ3v) is 10.5. The molecule has 0 bridgehead atoms. The number of carbonyl (C=O) groups excluding carboxylic acids is 3. The first-order valence-electron chi connectivity index (χ1n) is 19.3. The molecule has 1 unspecified atom stereocenters. The molecule has 3 amide bonds. The minimum Gasteiger partial charge on any atom is -0.384 e. The summed E-state index contributed by atoms with van der Waals surface area (Å²) in [5.41, 5.74) is 12.9. The zero-order valence-electron chi connectivity index (χ0n) is 31.9. The SMILES string of the molecule is N=C(N)c1ccc(CNC(=O)[C@H](CCC(=O)NCCCOCCOCCOCCCN)NC(=O)C(CC2CCCCC2)NS(=O)(=O)Cc2ccccc2)cc1. The average molecular weight is 788 g/mol. The number of sulfonamides is 1. The Bertz CT molecular complexity index is 1540. The average Bonchev–Trinajstić information content (AvgIpc) is 3.17. The molecule has 0 radical (unpaired) electrons. The van der Waals surface area contributed by atoms with Crippen LogP contribution in [-0.2, 0) is 50.9 Å². The molecule has 2 atom stereocenters. The fourth-order valence-corrected chi connectivity index (χ4v) is 7.52. The number of ether oxygens (including phenoxy) is 3. The molecule has 0 spiro atoms. The van der Waals surface area contributed by atoms with Gasteiger partial charge in [0.25, 0.3) is 0 Å². The first kappa shape index (κ1) is 45.5. The Hall–Kier alpha value is -3.93. The highest BCUT2D eigenvalue weighted by Gasteiger charge is 2.31. The predicted octanol–water partition coefficient (Wildman–Crippen LogP) is 2.22. The van der Waals surface area contributed by atoms with Crippen LogP contribution in [0.15, 0.2) is 54.6 Å². The highest BCUT2D eigenvalue weighted by molar-refractivity contribution is 7.88. The van der Waals surface area contributed by atoms with E-state index in [1.54, 1.807) is 54.6 Å². The van der Waals surface area contributed by atoms with E-state index in [0.29, 0.717) is 76.7 Å². The second-order valence-electron chi connectivity index (χ2n) is 13.8. The molecule has 16 heteroatoms. The van der Waals surface area contributed by atoms with Crippen LogP contribution >= 0.6 is 0 Å². The normalized spacial score (nSPS) is 14.5. The zero-order chi connectivity index (χ0) is 39.7. The van der Waals surface area contributed by atoms with Gasteiger partial charge in [-0.1, -0.05) is 86.7 Å². The molecule has 1 aliphatic rings. The summed E-state index contributed by atoms with van der Waals surface area (Å²) in [6.45, 7) is 3.94. The van der Waals surface area contributed by atoms with Crippen LogP contribution in [0.1, 0.15) is 80.9 Å². The lowest BCUT2D eigenvalue weighted by Crippen LogP contribution is -2.54. The second-order valence-corrected chi connectivity index (χ2v) is 15.5. The van der Waals surface area contributed by atoms with Crippen molar-refractivity contribution in [3.05, 3.63) is 71.3 Å². The Labute approximate surface area is 325 Å². The number of hydrogen-bond donors (Lipinski definition) is 7. The molecule has 3 rings (SSSR count). The van der Waals surface area contributed by atoms with Crippen molar-refractivity contribution >= 4 is 33.6 Å². The first-order valence-corrected chi connectivity index (χ1v) is 21.0. The summed E-state index contributed by atoms with van der Waals surface area (Å²) >= 11 is 0. The van der Waals surface area contributed by atoms with Gasteiger partial charge in [0.2, 0.25) is 27.7 Å². The largest absolute Gasteiger partial charge is 0.384 e. The summed E-state index contributed by atoms with van der Waals surface area (Å²) in [5.74, 6) is -1.65. The number of carbonyl (C=O) groups is 3. The van der Waals surface area contributed by atoms with Crippen molar-refractivity contribution < 1.29 is 37.0 Å². The van der Waals surface area contributed by atoms with E-state index in [2.05, 4.69) is 20.7 Å². The maximum atomic E-state index is 13.9. The minimum atomic E-state index is -3.92. The quantitative estimate of drug-likeness (QED) is 0.0377. The van der Waals surface area contributed by atoms with Crippen molar-refractivity contribution in [3.63, 3.8) is 0 Å². The Morgan fingerprint density at radius 1 is 0.782 bits per heavy atom. The second kappa shape index (κ2) is 26.0. The van der Waals surface area contributed by atoms with Crippen LogP contribution in [0.5, 0.6) is 0 Å². The van der Waals surface area contributed by atoms with Crippen LogP contribution in [-0.4, -0.2) is 96.8 Å². The molecule has 1 aliphatic carbocycles. The Kier molecular flexibility index (Phi) is 21.5. The molecule has 2 aromatic carbocycles. The van der Waals surface area contributed by atoms with Crippen LogP contribution in [0, 0.1) is 11.3 Å². The fraction of sp³-hybridized carbons (Fsp3) is 0.590. The van der Waals surface area contributed by atoms with Crippen LogP contribution in [0.2, 0.25) is 0 Å². The Balaban J connectivity index is 1.57. The molecule has 0 heterocycles. The van der Waals surface area contributed by atoms with E-state index < -0.39 is 33.9 Å². The van der Waals surface area contributed by atoms with E-state index in [9.17, 15) is 22.8 Å². The molecular weight excluding hydrogens is 727 g/mol. The van der Waals surface area contributed by atoms with Gasteiger partial charge >= 0.3 is 0 Å². The molecule has 1 saturated carbocycles. The lowest BCUT2D eigenvalue weighted by Gasteiger charge is -2.28. The van der Waals surface area contributed by atoms with E-state index >= 15 is 0 Å².